The van der Waals surface area contributed by atoms with Crippen molar-refractivity contribution in [2.24, 2.45) is 0 Å². The Balaban J connectivity index is 2.00. The van der Waals surface area contributed by atoms with Gasteiger partial charge in [0.1, 0.15) is 11.3 Å². The molecule has 0 aliphatic rings. The number of hydrogen-bond donors (Lipinski definition) is 1. The first-order chi connectivity index (χ1) is 13.9. The molecule has 29 heavy (non-hydrogen) atoms. The van der Waals surface area contributed by atoms with E-state index in [-0.39, 0.29) is 11.6 Å². The van der Waals surface area contributed by atoms with Crippen LogP contribution in [0.4, 0.5) is 0 Å². The number of carbonyl (C=O) groups excluding carboxylic acids is 1. The van der Waals surface area contributed by atoms with E-state index in [0.29, 0.717) is 17.0 Å². The molecule has 2 aromatic heterocycles. The number of para-hydroxylation sites is 1. The van der Waals surface area contributed by atoms with Crippen LogP contribution < -0.4 is 5.43 Å². The molecule has 0 aliphatic heterocycles. The summed E-state index contributed by atoms with van der Waals surface area (Å²) in [4.78, 5) is 26.9. The van der Waals surface area contributed by atoms with Crippen molar-refractivity contribution >= 4 is 17.1 Å². The molecular formula is C22H22N6O. The molecule has 0 aliphatic carbocycles. The summed E-state index contributed by atoms with van der Waals surface area (Å²) in [6, 6.07) is 17.8. The van der Waals surface area contributed by atoms with Crippen LogP contribution >= 0.6 is 0 Å². The number of imidazole rings is 1. The number of benzene rings is 2. The first-order valence-electron chi connectivity index (χ1n) is 9.32. The third kappa shape index (κ3) is 3.60. The number of amides is 1. The fourth-order valence-electron chi connectivity index (χ4n) is 3.20. The number of fused-ring (bicyclic) bond motifs is 1. The Morgan fingerprint density at radius 3 is 2.28 bits per heavy atom. The Morgan fingerprint density at radius 1 is 0.931 bits per heavy atom. The molecule has 2 heterocycles. The molecule has 0 spiro atoms. The van der Waals surface area contributed by atoms with Crippen LogP contribution in [0.2, 0.25) is 0 Å². The Bertz CT molecular complexity index is 1180. The number of nitrogens with one attached hydrogen (secondary N) is 1. The van der Waals surface area contributed by atoms with E-state index in [2.05, 4.69) is 15.4 Å². The Morgan fingerprint density at radius 2 is 1.62 bits per heavy atom. The summed E-state index contributed by atoms with van der Waals surface area (Å²) in [5, 5.41) is 1.59. The minimum Gasteiger partial charge on any atom is -0.284 e. The molecule has 146 valence electrons. The number of nitrogens with zero attached hydrogens (tertiary/aromatic N) is 5. The zero-order chi connectivity index (χ0) is 20.5. The SMILES string of the molecule is Cc1ccc(-c2nc(C(=O)NN(C)C)c3nc(C)n(-c4ccccc4)c3n2)cc1. The molecule has 0 unspecified atom stereocenters. The summed E-state index contributed by atoms with van der Waals surface area (Å²) < 4.78 is 1.95. The number of carbonyl (C=O) groups is 1. The summed E-state index contributed by atoms with van der Waals surface area (Å²) in [5.41, 5.74) is 7.00. The molecule has 0 saturated heterocycles. The van der Waals surface area contributed by atoms with E-state index in [9.17, 15) is 4.79 Å². The minimum absolute atomic E-state index is 0.247. The second-order valence-electron chi connectivity index (χ2n) is 7.10. The van der Waals surface area contributed by atoms with Gasteiger partial charge in [-0.2, -0.15) is 0 Å². The van der Waals surface area contributed by atoms with Crippen molar-refractivity contribution < 1.29 is 4.79 Å². The average Bonchev–Trinajstić information content (AvgIpc) is 3.03. The molecule has 1 N–H and O–H groups in total. The van der Waals surface area contributed by atoms with Crippen molar-refractivity contribution in [2.75, 3.05) is 14.1 Å². The van der Waals surface area contributed by atoms with Crippen molar-refractivity contribution in [2.45, 2.75) is 13.8 Å². The Labute approximate surface area is 169 Å². The summed E-state index contributed by atoms with van der Waals surface area (Å²) in [6.45, 7) is 3.92. The van der Waals surface area contributed by atoms with Crippen LogP contribution in [0.1, 0.15) is 21.9 Å². The van der Waals surface area contributed by atoms with E-state index < -0.39 is 0 Å². The van der Waals surface area contributed by atoms with Gasteiger partial charge in [-0.25, -0.2) is 20.0 Å². The molecule has 7 heteroatoms. The molecule has 0 radical (unpaired) electrons. The molecule has 2 aromatic carbocycles. The number of hydrazine groups is 1. The highest BCUT2D eigenvalue weighted by Crippen LogP contribution is 2.25. The van der Waals surface area contributed by atoms with E-state index >= 15 is 0 Å². The maximum Gasteiger partial charge on any atom is 0.286 e. The molecule has 0 fully saturated rings. The largest absolute Gasteiger partial charge is 0.286 e. The van der Waals surface area contributed by atoms with Crippen LogP contribution in [0.15, 0.2) is 54.6 Å². The van der Waals surface area contributed by atoms with Gasteiger partial charge in [-0.15, -0.1) is 0 Å². The van der Waals surface area contributed by atoms with Gasteiger partial charge in [-0.3, -0.25) is 14.8 Å². The summed E-state index contributed by atoms with van der Waals surface area (Å²) in [7, 11) is 3.51. The second-order valence-corrected chi connectivity index (χ2v) is 7.10. The predicted octanol–water partition coefficient (Wildman–Crippen LogP) is 3.31. The Hall–Kier alpha value is -3.58. The van der Waals surface area contributed by atoms with Crippen LogP contribution in [0.5, 0.6) is 0 Å². The molecule has 0 bridgehead atoms. The molecule has 7 nitrogen and oxygen atoms in total. The molecule has 0 saturated carbocycles. The Kier molecular flexibility index (Phi) is 4.82. The molecule has 4 rings (SSSR count). The lowest BCUT2D eigenvalue weighted by atomic mass is 10.1. The fourth-order valence-corrected chi connectivity index (χ4v) is 3.20. The van der Waals surface area contributed by atoms with E-state index in [1.165, 1.54) is 0 Å². The van der Waals surface area contributed by atoms with Gasteiger partial charge in [0, 0.05) is 25.3 Å². The third-order valence-corrected chi connectivity index (χ3v) is 4.54. The highest BCUT2D eigenvalue weighted by Gasteiger charge is 2.22. The van der Waals surface area contributed by atoms with Gasteiger partial charge < -0.3 is 0 Å². The van der Waals surface area contributed by atoms with E-state index in [1.807, 2.05) is 73.0 Å². The minimum atomic E-state index is -0.325. The van der Waals surface area contributed by atoms with Crippen LogP contribution in [-0.4, -0.2) is 44.5 Å². The van der Waals surface area contributed by atoms with Gasteiger partial charge >= 0.3 is 0 Å². The van der Waals surface area contributed by atoms with Gasteiger partial charge in [-0.05, 0) is 26.0 Å². The standard InChI is InChI=1S/C22H22N6O/c1-14-10-12-16(13-11-14)20-24-19(22(29)26-27(3)4)18-21(25-20)28(15(2)23-18)17-8-6-5-7-9-17/h5-13H,1-4H3,(H,26,29). The van der Waals surface area contributed by atoms with E-state index in [0.717, 1.165) is 22.6 Å². The van der Waals surface area contributed by atoms with Crippen molar-refractivity contribution in [1.29, 1.82) is 0 Å². The lowest BCUT2D eigenvalue weighted by Gasteiger charge is -2.12. The van der Waals surface area contributed by atoms with Gasteiger partial charge in [0.2, 0.25) is 0 Å². The smallest absolute Gasteiger partial charge is 0.284 e. The average molecular weight is 386 g/mol. The first-order valence-corrected chi connectivity index (χ1v) is 9.32. The molecule has 4 aromatic rings. The lowest BCUT2D eigenvalue weighted by Crippen LogP contribution is -2.36. The van der Waals surface area contributed by atoms with Gasteiger partial charge in [0.15, 0.2) is 17.2 Å². The summed E-state index contributed by atoms with van der Waals surface area (Å²) in [6.07, 6.45) is 0. The second kappa shape index (κ2) is 7.44. The van der Waals surface area contributed by atoms with Crippen molar-refractivity contribution in [3.63, 3.8) is 0 Å². The van der Waals surface area contributed by atoms with Crippen LogP contribution in [0.3, 0.4) is 0 Å². The van der Waals surface area contributed by atoms with Crippen LogP contribution in [0.25, 0.3) is 28.2 Å². The van der Waals surface area contributed by atoms with Crippen molar-refractivity contribution in [3.05, 3.63) is 71.7 Å². The topological polar surface area (TPSA) is 75.9 Å². The number of rotatable bonds is 4. The fraction of sp³-hybridized carbons (Fsp3) is 0.182. The quantitative estimate of drug-likeness (QED) is 0.545. The number of hydrogen-bond acceptors (Lipinski definition) is 5. The van der Waals surface area contributed by atoms with Crippen LogP contribution in [0, 0.1) is 13.8 Å². The number of aromatic nitrogens is 4. The normalized spacial score (nSPS) is 11.2. The van der Waals surface area contributed by atoms with Crippen molar-refractivity contribution in [3.8, 4) is 17.1 Å². The van der Waals surface area contributed by atoms with Gasteiger partial charge in [0.25, 0.3) is 5.91 Å². The maximum atomic E-state index is 12.9. The van der Waals surface area contributed by atoms with Crippen molar-refractivity contribution in [1.82, 2.24) is 30.0 Å². The van der Waals surface area contributed by atoms with Gasteiger partial charge in [-0.1, -0.05) is 48.0 Å². The first kappa shape index (κ1) is 18.8. The van der Waals surface area contributed by atoms with E-state index in [1.54, 1.807) is 19.1 Å². The summed E-state index contributed by atoms with van der Waals surface area (Å²) >= 11 is 0. The highest BCUT2D eigenvalue weighted by atomic mass is 16.2. The number of aryl methyl sites for hydroxylation is 2. The zero-order valence-corrected chi connectivity index (χ0v) is 16.8. The molecule has 1 amide bonds. The summed E-state index contributed by atoms with van der Waals surface area (Å²) in [5.74, 6) is 0.896. The van der Waals surface area contributed by atoms with E-state index in [4.69, 9.17) is 4.98 Å². The van der Waals surface area contributed by atoms with Gasteiger partial charge in [0.05, 0.1) is 0 Å². The highest BCUT2D eigenvalue weighted by molar-refractivity contribution is 6.03. The van der Waals surface area contributed by atoms with Crippen LogP contribution in [-0.2, 0) is 0 Å². The monoisotopic (exact) mass is 386 g/mol. The predicted molar refractivity (Wildman–Crippen MR) is 113 cm³/mol. The third-order valence-electron chi connectivity index (χ3n) is 4.54. The lowest BCUT2D eigenvalue weighted by molar-refractivity contribution is 0.0853. The molecule has 0 atom stereocenters. The molecular weight excluding hydrogens is 364 g/mol. The maximum absolute atomic E-state index is 12.9. The zero-order valence-electron chi connectivity index (χ0n) is 16.8.